The molecule has 0 saturated heterocycles. The summed E-state index contributed by atoms with van der Waals surface area (Å²) < 4.78 is 4.97. The van der Waals surface area contributed by atoms with Gasteiger partial charge in [-0.15, -0.1) is 0 Å². The monoisotopic (exact) mass is 208 g/mol. The van der Waals surface area contributed by atoms with E-state index < -0.39 is 0 Å². The highest BCUT2D eigenvalue weighted by molar-refractivity contribution is 6.33. The van der Waals surface area contributed by atoms with Crippen molar-refractivity contribution in [2.75, 3.05) is 5.73 Å². The number of nitrogens with two attached hydrogens (primary N) is 1. The Bertz CT molecular complexity index is 445. The fourth-order valence-electron chi connectivity index (χ4n) is 1.38. The second-order valence-electron chi connectivity index (χ2n) is 2.98. The van der Waals surface area contributed by atoms with Crippen molar-refractivity contribution in [2.24, 2.45) is 0 Å². The van der Waals surface area contributed by atoms with Crippen molar-refractivity contribution in [3.8, 4) is 11.1 Å². The molecule has 0 aliphatic rings. The normalized spacial score (nSPS) is 10.4. The molecule has 0 bridgehead atoms. The summed E-state index contributed by atoms with van der Waals surface area (Å²) in [5, 5.41) is 4.32. The fourth-order valence-corrected chi connectivity index (χ4v) is 1.61. The quantitative estimate of drug-likeness (QED) is 0.784. The van der Waals surface area contributed by atoms with Gasteiger partial charge in [-0.25, -0.2) is 0 Å². The van der Waals surface area contributed by atoms with Crippen LogP contribution in [0.2, 0.25) is 5.02 Å². The van der Waals surface area contributed by atoms with E-state index in [1.54, 1.807) is 0 Å². The van der Waals surface area contributed by atoms with Gasteiger partial charge in [0.25, 0.3) is 0 Å². The Labute approximate surface area is 86.5 Å². The van der Waals surface area contributed by atoms with Gasteiger partial charge in [0.05, 0.1) is 5.56 Å². The average Bonchev–Trinajstić information content (AvgIpc) is 2.48. The summed E-state index contributed by atoms with van der Waals surface area (Å²) in [6, 6.07) is 7.46. The van der Waals surface area contributed by atoms with Crippen molar-refractivity contribution in [1.82, 2.24) is 5.16 Å². The van der Waals surface area contributed by atoms with Gasteiger partial charge in [-0.1, -0.05) is 35.0 Å². The fraction of sp³-hybridized carbons (Fsp3) is 0.100. The summed E-state index contributed by atoms with van der Waals surface area (Å²) >= 11 is 6.03. The predicted molar refractivity (Wildman–Crippen MR) is 56.1 cm³/mol. The molecule has 2 N–H and O–H groups in total. The van der Waals surface area contributed by atoms with Gasteiger partial charge >= 0.3 is 0 Å². The molecule has 0 amide bonds. The number of nitrogen functional groups attached to an aromatic ring is 1. The van der Waals surface area contributed by atoms with Crippen molar-refractivity contribution < 1.29 is 4.52 Å². The SMILES string of the molecule is Cc1onc(N)c1-c1ccccc1Cl. The molecular formula is C10H9ClN2O. The molecule has 1 aromatic heterocycles. The lowest BCUT2D eigenvalue weighted by molar-refractivity contribution is 0.401. The van der Waals surface area contributed by atoms with Crippen molar-refractivity contribution in [3.05, 3.63) is 35.0 Å². The van der Waals surface area contributed by atoms with Crippen LogP contribution in [0.1, 0.15) is 5.76 Å². The number of hydrogen-bond acceptors (Lipinski definition) is 3. The number of nitrogens with zero attached hydrogens (tertiary/aromatic N) is 1. The van der Waals surface area contributed by atoms with E-state index in [1.807, 2.05) is 31.2 Å². The van der Waals surface area contributed by atoms with Gasteiger partial charge in [0, 0.05) is 10.6 Å². The Kier molecular flexibility index (Phi) is 2.17. The van der Waals surface area contributed by atoms with Crippen LogP contribution in [0.5, 0.6) is 0 Å². The number of rotatable bonds is 1. The highest BCUT2D eigenvalue weighted by Crippen LogP contribution is 2.33. The molecule has 2 rings (SSSR count). The van der Waals surface area contributed by atoms with E-state index in [-0.39, 0.29) is 0 Å². The average molecular weight is 209 g/mol. The maximum atomic E-state index is 6.03. The molecule has 2 aromatic rings. The maximum absolute atomic E-state index is 6.03. The van der Waals surface area contributed by atoms with E-state index in [0.29, 0.717) is 16.6 Å². The molecule has 0 spiro atoms. The van der Waals surface area contributed by atoms with E-state index in [0.717, 1.165) is 11.1 Å². The minimum atomic E-state index is 0.371. The van der Waals surface area contributed by atoms with Gasteiger partial charge in [0.1, 0.15) is 5.76 Å². The third-order valence-electron chi connectivity index (χ3n) is 2.03. The largest absolute Gasteiger partial charge is 0.380 e. The molecule has 0 fully saturated rings. The first-order valence-corrected chi connectivity index (χ1v) is 4.54. The summed E-state index contributed by atoms with van der Waals surface area (Å²) in [6.07, 6.45) is 0. The lowest BCUT2D eigenvalue weighted by Gasteiger charge is -2.01. The molecule has 3 nitrogen and oxygen atoms in total. The number of halogens is 1. The third-order valence-corrected chi connectivity index (χ3v) is 2.36. The highest BCUT2D eigenvalue weighted by Gasteiger charge is 2.14. The Morgan fingerprint density at radius 2 is 2.07 bits per heavy atom. The molecule has 4 heteroatoms. The second kappa shape index (κ2) is 3.35. The van der Waals surface area contributed by atoms with Gasteiger partial charge in [0.15, 0.2) is 5.82 Å². The number of anilines is 1. The van der Waals surface area contributed by atoms with Crippen LogP contribution in [0.3, 0.4) is 0 Å². The zero-order valence-corrected chi connectivity index (χ0v) is 8.38. The van der Waals surface area contributed by atoms with Gasteiger partial charge in [0.2, 0.25) is 0 Å². The van der Waals surface area contributed by atoms with E-state index in [9.17, 15) is 0 Å². The lowest BCUT2D eigenvalue weighted by atomic mass is 10.1. The van der Waals surface area contributed by atoms with Gasteiger partial charge in [-0.05, 0) is 13.0 Å². The molecule has 72 valence electrons. The van der Waals surface area contributed by atoms with Gasteiger partial charge < -0.3 is 10.3 Å². The van der Waals surface area contributed by atoms with Gasteiger partial charge in [-0.2, -0.15) is 0 Å². The van der Waals surface area contributed by atoms with Crippen molar-refractivity contribution in [3.63, 3.8) is 0 Å². The van der Waals surface area contributed by atoms with E-state index in [4.69, 9.17) is 21.9 Å². The van der Waals surface area contributed by atoms with Crippen molar-refractivity contribution >= 4 is 17.4 Å². The van der Waals surface area contributed by atoms with Crippen LogP contribution in [0, 0.1) is 6.92 Å². The van der Waals surface area contributed by atoms with E-state index >= 15 is 0 Å². The summed E-state index contributed by atoms with van der Waals surface area (Å²) in [7, 11) is 0. The van der Waals surface area contributed by atoms with Gasteiger partial charge in [-0.3, -0.25) is 0 Å². The van der Waals surface area contributed by atoms with Crippen molar-refractivity contribution in [2.45, 2.75) is 6.92 Å². The summed E-state index contributed by atoms with van der Waals surface area (Å²) in [6.45, 7) is 1.81. The van der Waals surface area contributed by atoms with Crippen LogP contribution in [0.15, 0.2) is 28.8 Å². The molecule has 0 radical (unpaired) electrons. The Morgan fingerprint density at radius 1 is 1.36 bits per heavy atom. The number of hydrogen-bond donors (Lipinski definition) is 1. The topological polar surface area (TPSA) is 52.0 Å². The zero-order valence-electron chi connectivity index (χ0n) is 7.62. The Hall–Kier alpha value is -1.48. The first-order chi connectivity index (χ1) is 6.70. The molecule has 14 heavy (non-hydrogen) atoms. The van der Waals surface area contributed by atoms with Crippen molar-refractivity contribution in [1.29, 1.82) is 0 Å². The van der Waals surface area contributed by atoms with Crippen LogP contribution in [0.25, 0.3) is 11.1 Å². The third kappa shape index (κ3) is 1.36. The van der Waals surface area contributed by atoms with Crippen LogP contribution in [-0.2, 0) is 0 Å². The van der Waals surface area contributed by atoms with Crippen LogP contribution in [-0.4, -0.2) is 5.16 Å². The van der Waals surface area contributed by atoms with Crippen LogP contribution in [0.4, 0.5) is 5.82 Å². The minimum absolute atomic E-state index is 0.371. The molecule has 1 heterocycles. The van der Waals surface area contributed by atoms with E-state index in [2.05, 4.69) is 5.16 Å². The zero-order chi connectivity index (χ0) is 10.1. The Balaban J connectivity index is 2.66. The molecular weight excluding hydrogens is 200 g/mol. The van der Waals surface area contributed by atoms with Crippen LogP contribution < -0.4 is 5.73 Å². The first kappa shape index (κ1) is 9.09. The minimum Gasteiger partial charge on any atom is -0.380 e. The molecule has 0 saturated carbocycles. The van der Waals surface area contributed by atoms with E-state index in [1.165, 1.54) is 0 Å². The number of aromatic nitrogens is 1. The molecule has 0 atom stereocenters. The second-order valence-corrected chi connectivity index (χ2v) is 3.39. The predicted octanol–water partition coefficient (Wildman–Crippen LogP) is 2.89. The van der Waals surface area contributed by atoms with Crippen LogP contribution >= 0.6 is 11.6 Å². The number of aryl methyl sites for hydroxylation is 1. The molecule has 0 unspecified atom stereocenters. The highest BCUT2D eigenvalue weighted by atomic mass is 35.5. The Morgan fingerprint density at radius 3 is 2.64 bits per heavy atom. The lowest BCUT2D eigenvalue weighted by Crippen LogP contribution is -1.88. The standard InChI is InChI=1S/C10H9ClN2O/c1-6-9(10(12)13-14-6)7-4-2-3-5-8(7)11/h2-5H,1H3,(H2,12,13). The maximum Gasteiger partial charge on any atom is 0.175 e. The molecule has 0 aliphatic carbocycles. The summed E-state index contributed by atoms with van der Waals surface area (Å²) in [5.74, 6) is 1.05. The number of benzene rings is 1. The summed E-state index contributed by atoms with van der Waals surface area (Å²) in [5.41, 5.74) is 7.30. The molecule has 0 aliphatic heterocycles. The summed E-state index contributed by atoms with van der Waals surface area (Å²) in [4.78, 5) is 0. The smallest absolute Gasteiger partial charge is 0.175 e. The molecule has 1 aromatic carbocycles. The first-order valence-electron chi connectivity index (χ1n) is 4.17.